The monoisotopic (exact) mass is 719 g/mol. The Bertz CT molecular complexity index is 1790. The quantitative estimate of drug-likeness (QED) is 0.199. The molecule has 0 aliphatic carbocycles. The number of aliphatic imine (C=N–C) groups is 1. The van der Waals surface area contributed by atoms with Gasteiger partial charge in [0.05, 0.1) is 36.2 Å². The van der Waals surface area contributed by atoms with Crippen molar-refractivity contribution in [3.63, 3.8) is 0 Å². The first kappa shape index (κ1) is 36.6. The number of aromatic nitrogens is 1. The smallest absolute Gasteiger partial charge is 0.407 e. The van der Waals surface area contributed by atoms with Gasteiger partial charge in [-0.15, -0.1) is 0 Å². The van der Waals surface area contributed by atoms with Gasteiger partial charge in [0.2, 0.25) is 15.9 Å². The van der Waals surface area contributed by atoms with Gasteiger partial charge in [0.15, 0.2) is 6.29 Å². The summed E-state index contributed by atoms with van der Waals surface area (Å²) >= 11 is 0. The van der Waals surface area contributed by atoms with Crippen molar-refractivity contribution in [1.82, 2.24) is 14.6 Å². The first-order chi connectivity index (χ1) is 24.6. The molecule has 3 N–H and O–H groups in total. The van der Waals surface area contributed by atoms with Crippen molar-refractivity contribution in [3.8, 4) is 0 Å². The van der Waals surface area contributed by atoms with Gasteiger partial charge in [0.25, 0.3) is 0 Å². The number of hydrogen-bond donors (Lipinski definition) is 3. The van der Waals surface area contributed by atoms with E-state index >= 15 is 0 Å². The molecule has 0 bridgehead atoms. The second kappa shape index (κ2) is 16.4. The van der Waals surface area contributed by atoms with Gasteiger partial charge in [-0.3, -0.25) is 14.8 Å². The third kappa shape index (κ3) is 9.00. The number of aliphatic hydroxyl groups excluding tert-OH is 1. The number of alkyl carbamates (subject to hydrolysis) is 1. The van der Waals surface area contributed by atoms with Crippen LogP contribution in [0, 0.1) is 11.8 Å². The molecule has 2 aromatic carbocycles. The van der Waals surface area contributed by atoms with Crippen LogP contribution in [-0.2, 0) is 41.9 Å². The Morgan fingerprint density at radius 1 is 1.14 bits per heavy atom. The van der Waals surface area contributed by atoms with Crippen LogP contribution in [0.2, 0.25) is 0 Å². The number of aliphatic hydroxyl groups is 1. The molecule has 13 nitrogen and oxygen atoms in total. The van der Waals surface area contributed by atoms with Crippen molar-refractivity contribution in [3.05, 3.63) is 89.7 Å². The van der Waals surface area contributed by atoms with Gasteiger partial charge in [0, 0.05) is 49.8 Å². The first-order valence-electron chi connectivity index (χ1n) is 17.4. The van der Waals surface area contributed by atoms with Crippen molar-refractivity contribution >= 4 is 33.9 Å². The number of pyridine rings is 1. The number of rotatable bonds is 15. The topological polar surface area (TPSA) is 169 Å². The summed E-state index contributed by atoms with van der Waals surface area (Å²) in [5.41, 5.74) is 2.75. The molecule has 1 aromatic heterocycles. The molecule has 14 heteroatoms. The molecule has 2 fully saturated rings. The Labute approximate surface area is 298 Å². The van der Waals surface area contributed by atoms with Crippen LogP contribution in [0.15, 0.2) is 82.8 Å². The number of fused-ring (bicyclic) bond motifs is 2. The van der Waals surface area contributed by atoms with E-state index in [1.807, 2.05) is 62.4 Å². The highest BCUT2D eigenvalue weighted by Gasteiger charge is 2.44. The van der Waals surface area contributed by atoms with Crippen LogP contribution >= 0.6 is 0 Å². The lowest BCUT2D eigenvalue weighted by molar-refractivity contribution is -0.115. The molecule has 3 aliphatic rings. The molecule has 0 spiro atoms. The molecule has 0 saturated carbocycles. The van der Waals surface area contributed by atoms with Gasteiger partial charge in [0.1, 0.15) is 12.0 Å². The average Bonchev–Trinajstić information content (AvgIpc) is 3.82. The number of hydrogen-bond acceptors (Lipinski definition) is 10. The Kier molecular flexibility index (Phi) is 11.8. The summed E-state index contributed by atoms with van der Waals surface area (Å²) in [4.78, 5) is 34.8. The van der Waals surface area contributed by atoms with Gasteiger partial charge in [-0.25, -0.2) is 13.2 Å². The summed E-state index contributed by atoms with van der Waals surface area (Å²) in [6, 6.07) is 18.6. The van der Waals surface area contributed by atoms with Crippen molar-refractivity contribution in [2.45, 2.75) is 68.5 Å². The van der Waals surface area contributed by atoms with E-state index in [1.165, 1.54) is 16.4 Å². The molecule has 3 aromatic rings. The van der Waals surface area contributed by atoms with E-state index in [0.29, 0.717) is 37.2 Å². The van der Waals surface area contributed by atoms with Crippen molar-refractivity contribution in [2.75, 3.05) is 38.2 Å². The molecule has 0 radical (unpaired) electrons. The van der Waals surface area contributed by atoms with E-state index in [2.05, 4.69) is 20.6 Å². The maximum absolute atomic E-state index is 14.3. The van der Waals surface area contributed by atoms with Gasteiger partial charge in [-0.1, -0.05) is 50.2 Å². The van der Waals surface area contributed by atoms with Gasteiger partial charge >= 0.3 is 6.09 Å². The van der Waals surface area contributed by atoms with Crippen LogP contribution in [-0.4, -0.2) is 98.4 Å². The molecule has 6 unspecified atom stereocenters. The first-order valence-corrected chi connectivity index (χ1v) is 18.8. The number of carbonyl (C=O) groups is 2. The summed E-state index contributed by atoms with van der Waals surface area (Å²) in [6.07, 6.45) is 1.91. The number of ether oxygens (including phenoxy) is 3. The molecular formula is C37H45N5O8S. The number of anilines is 1. The lowest BCUT2D eigenvalue weighted by Gasteiger charge is -2.31. The van der Waals surface area contributed by atoms with Crippen LogP contribution in [0.5, 0.6) is 0 Å². The molecular weight excluding hydrogens is 675 g/mol. The molecule has 2 saturated heterocycles. The largest absolute Gasteiger partial charge is 0.443 e. The van der Waals surface area contributed by atoms with Gasteiger partial charge in [-0.05, 0) is 60.2 Å². The SMILES string of the molecule is CC(C)CN(CC(O)C(Cc1ccccc1)NC(=O)OC1COC2OCCC12)S(=O)(=O)c1ccc2c(c1)C(C=NCCc1ccccn1)C(=O)N2. The molecule has 4 heterocycles. The Morgan fingerprint density at radius 3 is 2.71 bits per heavy atom. The fourth-order valence-corrected chi connectivity index (χ4v) is 8.32. The zero-order valence-corrected chi connectivity index (χ0v) is 29.6. The van der Waals surface area contributed by atoms with E-state index in [0.717, 1.165) is 11.3 Å². The lowest BCUT2D eigenvalue weighted by atomic mass is 10.0. The minimum Gasteiger partial charge on any atom is -0.443 e. The highest BCUT2D eigenvalue weighted by atomic mass is 32.2. The summed E-state index contributed by atoms with van der Waals surface area (Å²) in [5.74, 6) is -1.20. The van der Waals surface area contributed by atoms with E-state index in [9.17, 15) is 23.1 Å². The van der Waals surface area contributed by atoms with Gasteiger partial charge < -0.3 is 30.0 Å². The van der Waals surface area contributed by atoms with Crippen LogP contribution in [0.3, 0.4) is 0 Å². The third-order valence-corrected chi connectivity index (χ3v) is 11.1. The van der Waals surface area contributed by atoms with Crippen LogP contribution in [0.25, 0.3) is 0 Å². The van der Waals surface area contributed by atoms with Crippen LogP contribution < -0.4 is 10.6 Å². The number of amides is 2. The number of nitrogens with zero attached hydrogens (tertiary/aromatic N) is 3. The number of nitrogens with one attached hydrogen (secondary N) is 2. The number of sulfonamides is 1. The molecule has 51 heavy (non-hydrogen) atoms. The van der Waals surface area contributed by atoms with Crippen LogP contribution in [0.4, 0.5) is 10.5 Å². The molecule has 2 amide bonds. The fraction of sp³-hybridized carbons (Fsp3) is 0.459. The van der Waals surface area contributed by atoms with E-state index in [-0.39, 0.29) is 48.8 Å². The summed E-state index contributed by atoms with van der Waals surface area (Å²) < 4.78 is 46.7. The second-order valence-corrected chi connectivity index (χ2v) is 15.5. The molecule has 6 rings (SSSR count). The van der Waals surface area contributed by atoms with Crippen LogP contribution in [0.1, 0.15) is 43.0 Å². The molecule has 272 valence electrons. The zero-order chi connectivity index (χ0) is 36.0. The third-order valence-electron chi connectivity index (χ3n) is 9.28. The van der Waals surface area contributed by atoms with Crippen molar-refractivity contribution in [1.29, 1.82) is 0 Å². The Hall–Kier alpha value is -4.21. The van der Waals surface area contributed by atoms with E-state index in [1.54, 1.807) is 18.5 Å². The Morgan fingerprint density at radius 2 is 1.94 bits per heavy atom. The summed E-state index contributed by atoms with van der Waals surface area (Å²) in [6.45, 7) is 4.76. The molecule has 6 atom stereocenters. The van der Waals surface area contributed by atoms with Crippen molar-refractivity contribution < 1.29 is 37.3 Å². The lowest BCUT2D eigenvalue weighted by Crippen LogP contribution is -2.51. The van der Waals surface area contributed by atoms with E-state index in [4.69, 9.17) is 14.2 Å². The highest BCUT2D eigenvalue weighted by Crippen LogP contribution is 2.35. The van der Waals surface area contributed by atoms with E-state index < -0.39 is 46.6 Å². The minimum atomic E-state index is -4.17. The maximum atomic E-state index is 14.3. The zero-order valence-electron chi connectivity index (χ0n) is 28.8. The number of benzene rings is 2. The fourth-order valence-electron chi connectivity index (χ4n) is 6.66. The second-order valence-electron chi connectivity index (χ2n) is 13.5. The van der Waals surface area contributed by atoms with Crippen molar-refractivity contribution in [2.24, 2.45) is 16.8 Å². The number of carbonyl (C=O) groups excluding carboxylic acids is 2. The summed E-state index contributed by atoms with van der Waals surface area (Å²) in [7, 11) is -4.17. The average molecular weight is 720 g/mol. The normalized spacial score (nSPS) is 22.6. The standard InChI is InChI=1S/C37H45N5O8S/c1-24(2)21-42(22-33(43)32(18-25-8-4-3-5-9-25)41-37(45)50-34-23-49-36-28(34)14-17-48-36)51(46,47)27-11-12-31-29(19-27)30(35(44)40-31)20-38-16-13-26-10-6-7-15-39-26/h3-12,15,19-20,24,28,30,32-34,36,43H,13-14,16-18,21-23H2,1-2H3,(H,40,44)(H,41,45). The predicted molar refractivity (Wildman–Crippen MR) is 190 cm³/mol. The predicted octanol–water partition coefficient (Wildman–Crippen LogP) is 3.54. The maximum Gasteiger partial charge on any atom is 0.407 e. The molecule has 3 aliphatic heterocycles. The Balaban J connectivity index is 1.18. The highest BCUT2D eigenvalue weighted by molar-refractivity contribution is 7.89. The summed E-state index contributed by atoms with van der Waals surface area (Å²) in [5, 5.41) is 17.3. The van der Waals surface area contributed by atoms with Gasteiger partial charge in [-0.2, -0.15) is 4.31 Å². The minimum absolute atomic E-state index is 0.0148.